The first-order valence-corrected chi connectivity index (χ1v) is 7.26. The zero-order valence-electron chi connectivity index (χ0n) is 11.1. The van der Waals surface area contributed by atoms with Crippen molar-refractivity contribution in [3.8, 4) is 5.75 Å². The summed E-state index contributed by atoms with van der Waals surface area (Å²) in [6.45, 7) is 3.12. The Morgan fingerprint density at radius 2 is 2.11 bits per heavy atom. The Morgan fingerprint density at radius 3 is 2.58 bits per heavy atom. The zero-order chi connectivity index (χ0) is 14.7. The van der Waals surface area contributed by atoms with Gasteiger partial charge in [0.15, 0.2) is 11.6 Å². The number of methoxy groups -OCH3 is 1. The molecule has 7 heteroatoms. The minimum atomic E-state index is -3.86. The quantitative estimate of drug-likeness (QED) is 0.827. The van der Waals surface area contributed by atoms with E-state index in [9.17, 15) is 17.9 Å². The summed E-state index contributed by atoms with van der Waals surface area (Å²) in [7, 11) is -2.56. The molecule has 5 nitrogen and oxygen atoms in total. The number of halogens is 1. The molecule has 0 heterocycles. The fraction of sp³-hybridized carbons (Fsp3) is 0.500. The van der Waals surface area contributed by atoms with Crippen LogP contribution in [0.1, 0.15) is 20.3 Å². The number of hydrogen-bond acceptors (Lipinski definition) is 4. The molecule has 0 saturated heterocycles. The first kappa shape index (κ1) is 15.9. The van der Waals surface area contributed by atoms with Crippen LogP contribution in [0.2, 0.25) is 0 Å². The topological polar surface area (TPSA) is 75.6 Å². The van der Waals surface area contributed by atoms with Gasteiger partial charge in [-0.15, -0.1) is 0 Å². The number of rotatable bonds is 6. The van der Waals surface area contributed by atoms with Crippen molar-refractivity contribution in [1.82, 2.24) is 4.72 Å². The van der Waals surface area contributed by atoms with E-state index in [0.717, 1.165) is 6.07 Å². The highest BCUT2D eigenvalue weighted by molar-refractivity contribution is 7.89. The molecule has 108 valence electrons. The first-order valence-electron chi connectivity index (χ1n) is 5.77. The molecule has 0 bridgehead atoms. The van der Waals surface area contributed by atoms with E-state index in [4.69, 9.17) is 4.74 Å². The standard InChI is InChI=1S/C12H18FNO4S/c1-4-12(2,15)8-14-19(16,17)9-5-6-11(18-3)10(13)7-9/h5-7,14-15H,4,8H2,1-3H3. The smallest absolute Gasteiger partial charge is 0.240 e. The summed E-state index contributed by atoms with van der Waals surface area (Å²) >= 11 is 0. The van der Waals surface area contributed by atoms with Crippen molar-refractivity contribution in [1.29, 1.82) is 0 Å². The second-order valence-corrected chi connectivity index (χ2v) is 6.24. The third-order valence-corrected chi connectivity index (χ3v) is 4.24. The zero-order valence-corrected chi connectivity index (χ0v) is 11.9. The third kappa shape index (κ3) is 4.15. The highest BCUT2D eigenvalue weighted by Gasteiger charge is 2.23. The second-order valence-electron chi connectivity index (χ2n) is 4.47. The molecule has 1 aromatic rings. The molecule has 0 fully saturated rings. The number of nitrogens with one attached hydrogen (secondary N) is 1. The molecule has 1 unspecified atom stereocenters. The average Bonchev–Trinajstić information content (AvgIpc) is 2.36. The van der Waals surface area contributed by atoms with Crippen molar-refractivity contribution < 1.29 is 22.7 Å². The lowest BCUT2D eigenvalue weighted by molar-refractivity contribution is 0.0613. The Bertz CT molecular complexity index is 543. The van der Waals surface area contributed by atoms with Gasteiger partial charge < -0.3 is 9.84 Å². The summed E-state index contributed by atoms with van der Waals surface area (Å²) in [5.41, 5.74) is -1.14. The van der Waals surface area contributed by atoms with Crippen LogP contribution in [0, 0.1) is 5.82 Å². The van der Waals surface area contributed by atoms with Gasteiger partial charge in [-0.05, 0) is 31.5 Å². The maximum atomic E-state index is 13.5. The van der Waals surface area contributed by atoms with E-state index in [2.05, 4.69) is 4.72 Å². The highest BCUT2D eigenvalue weighted by Crippen LogP contribution is 2.20. The van der Waals surface area contributed by atoms with E-state index in [0.29, 0.717) is 6.42 Å². The predicted molar refractivity (Wildman–Crippen MR) is 69.1 cm³/mol. The van der Waals surface area contributed by atoms with E-state index in [1.54, 1.807) is 6.92 Å². The van der Waals surface area contributed by atoms with Crippen molar-refractivity contribution >= 4 is 10.0 Å². The van der Waals surface area contributed by atoms with Gasteiger partial charge in [-0.2, -0.15) is 0 Å². The van der Waals surface area contributed by atoms with Crippen LogP contribution in [0.4, 0.5) is 4.39 Å². The molecule has 0 aromatic heterocycles. The van der Waals surface area contributed by atoms with Crippen molar-refractivity contribution in [2.75, 3.05) is 13.7 Å². The molecule has 0 aliphatic heterocycles. The van der Waals surface area contributed by atoms with Crippen LogP contribution >= 0.6 is 0 Å². The summed E-state index contributed by atoms with van der Waals surface area (Å²) in [6, 6.07) is 3.36. The van der Waals surface area contributed by atoms with Crippen LogP contribution in [-0.2, 0) is 10.0 Å². The molecule has 1 rings (SSSR count). The van der Waals surface area contributed by atoms with Crippen molar-refractivity contribution in [2.24, 2.45) is 0 Å². The minimum absolute atomic E-state index is 0.0282. The molecule has 0 radical (unpaired) electrons. The summed E-state index contributed by atoms with van der Waals surface area (Å²) in [4.78, 5) is -0.210. The second kappa shape index (κ2) is 5.85. The van der Waals surface area contributed by atoms with Gasteiger partial charge in [0, 0.05) is 6.54 Å². The number of ether oxygens (including phenoxy) is 1. The molecular formula is C12H18FNO4S. The highest BCUT2D eigenvalue weighted by atomic mass is 32.2. The SMILES string of the molecule is CCC(C)(O)CNS(=O)(=O)c1ccc(OC)c(F)c1. The Morgan fingerprint density at radius 1 is 1.47 bits per heavy atom. The fourth-order valence-corrected chi connectivity index (χ4v) is 2.45. The van der Waals surface area contributed by atoms with Crippen LogP contribution in [0.15, 0.2) is 23.1 Å². The molecule has 0 aliphatic carbocycles. The monoisotopic (exact) mass is 291 g/mol. The molecule has 0 amide bonds. The normalized spacial score (nSPS) is 15.0. The van der Waals surface area contributed by atoms with Gasteiger partial charge in [-0.1, -0.05) is 6.92 Å². The molecule has 1 atom stereocenters. The van der Waals surface area contributed by atoms with Crippen molar-refractivity contribution in [2.45, 2.75) is 30.8 Å². The van der Waals surface area contributed by atoms with Crippen LogP contribution < -0.4 is 9.46 Å². The van der Waals surface area contributed by atoms with Crippen molar-refractivity contribution in [3.05, 3.63) is 24.0 Å². The van der Waals surface area contributed by atoms with E-state index in [1.165, 1.54) is 26.2 Å². The summed E-state index contributed by atoms with van der Waals surface area (Å²) in [5, 5.41) is 9.75. The van der Waals surface area contributed by atoms with E-state index in [-0.39, 0.29) is 17.2 Å². The summed E-state index contributed by atoms with van der Waals surface area (Å²) in [6.07, 6.45) is 0.395. The van der Waals surface area contributed by atoms with Crippen LogP contribution in [0.5, 0.6) is 5.75 Å². The Kier molecular flexibility index (Phi) is 4.89. The van der Waals surface area contributed by atoms with Crippen LogP contribution in [0.3, 0.4) is 0 Å². The Labute approximate surface area is 112 Å². The third-order valence-electron chi connectivity index (χ3n) is 2.84. The van der Waals surface area contributed by atoms with Gasteiger partial charge in [0.2, 0.25) is 10.0 Å². The largest absolute Gasteiger partial charge is 0.494 e. The lowest BCUT2D eigenvalue weighted by Crippen LogP contribution is -2.40. The molecular weight excluding hydrogens is 273 g/mol. The Balaban J connectivity index is 2.92. The van der Waals surface area contributed by atoms with Crippen molar-refractivity contribution in [3.63, 3.8) is 0 Å². The number of benzene rings is 1. The van der Waals surface area contributed by atoms with Gasteiger partial charge in [0.25, 0.3) is 0 Å². The van der Waals surface area contributed by atoms with Gasteiger partial charge in [0.05, 0.1) is 17.6 Å². The van der Waals surface area contributed by atoms with Gasteiger partial charge in [0.1, 0.15) is 0 Å². The van der Waals surface area contributed by atoms with E-state index < -0.39 is 21.4 Å². The van der Waals surface area contributed by atoms with E-state index >= 15 is 0 Å². The first-order chi connectivity index (χ1) is 8.72. The lowest BCUT2D eigenvalue weighted by Gasteiger charge is -2.21. The maximum absolute atomic E-state index is 13.5. The molecule has 2 N–H and O–H groups in total. The Hall–Kier alpha value is -1.18. The van der Waals surface area contributed by atoms with Crippen LogP contribution in [-0.4, -0.2) is 32.8 Å². The van der Waals surface area contributed by atoms with E-state index in [1.807, 2.05) is 0 Å². The summed E-state index contributed by atoms with van der Waals surface area (Å²) < 4.78 is 44.2. The van der Waals surface area contributed by atoms with Gasteiger partial charge in [-0.3, -0.25) is 0 Å². The number of aliphatic hydroxyl groups is 1. The molecule has 0 saturated carbocycles. The minimum Gasteiger partial charge on any atom is -0.494 e. The average molecular weight is 291 g/mol. The molecule has 0 spiro atoms. The van der Waals surface area contributed by atoms with Crippen LogP contribution in [0.25, 0.3) is 0 Å². The molecule has 19 heavy (non-hydrogen) atoms. The lowest BCUT2D eigenvalue weighted by atomic mass is 10.1. The summed E-state index contributed by atoms with van der Waals surface area (Å²) in [5.74, 6) is -0.785. The molecule has 1 aromatic carbocycles. The number of sulfonamides is 1. The van der Waals surface area contributed by atoms with Gasteiger partial charge in [-0.25, -0.2) is 17.5 Å². The van der Waals surface area contributed by atoms with Gasteiger partial charge >= 0.3 is 0 Å². The molecule has 0 aliphatic rings. The maximum Gasteiger partial charge on any atom is 0.240 e. The fourth-order valence-electron chi connectivity index (χ4n) is 1.27. The number of hydrogen-bond donors (Lipinski definition) is 2. The predicted octanol–water partition coefficient (Wildman–Crippen LogP) is 1.27.